The van der Waals surface area contributed by atoms with Crippen molar-refractivity contribution in [2.75, 3.05) is 19.0 Å². The number of hydrogen-bond acceptors (Lipinski definition) is 5. The standard InChI is InChI=1S/C11H13N3O3/c1-8(7-17-2)13-10-4-3-9(6-12)5-11(10)14(15)16/h3-5,8,13H,7H2,1-2H3. The molecule has 0 aliphatic rings. The molecule has 1 atom stereocenters. The molecule has 1 N–H and O–H groups in total. The van der Waals surface area contributed by atoms with E-state index in [-0.39, 0.29) is 17.3 Å². The zero-order chi connectivity index (χ0) is 12.8. The van der Waals surface area contributed by atoms with Gasteiger partial charge < -0.3 is 10.1 Å². The minimum absolute atomic E-state index is 0.0494. The maximum absolute atomic E-state index is 10.9. The van der Waals surface area contributed by atoms with Crippen LogP contribution in [0, 0.1) is 21.4 Å². The lowest BCUT2D eigenvalue weighted by Gasteiger charge is -2.14. The maximum atomic E-state index is 10.9. The molecule has 1 unspecified atom stereocenters. The van der Waals surface area contributed by atoms with Crippen LogP contribution in [0.5, 0.6) is 0 Å². The molecule has 0 saturated heterocycles. The molecule has 17 heavy (non-hydrogen) atoms. The third-order valence-corrected chi connectivity index (χ3v) is 2.14. The van der Waals surface area contributed by atoms with Crippen LogP contribution in [-0.2, 0) is 4.74 Å². The Morgan fingerprint density at radius 3 is 2.88 bits per heavy atom. The number of benzene rings is 1. The van der Waals surface area contributed by atoms with Gasteiger partial charge in [0.15, 0.2) is 0 Å². The van der Waals surface area contributed by atoms with E-state index in [0.29, 0.717) is 12.3 Å². The summed E-state index contributed by atoms with van der Waals surface area (Å²) in [5.41, 5.74) is 0.548. The number of rotatable bonds is 5. The number of ether oxygens (including phenoxy) is 1. The van der Waals surface area contributed by atoms with Gasteiger partial charge in [-0.3, -0.25) is 10.1 Å². The summed E-state index contributed by atoms with van der Waals surface area (Å²) in [6.45, 7) is 2.29. The molecule has 0 radical (unpaired) electrons. The van der Waals surface area contributed by atoms with Crippen molar-refractivity contribution in [3.05, 3.63) is 33.9 Å². The van der Waals surface area contributed by atoms with Gasteiger partial charge in [0.1, 0.15) is 5.69 Å². The van der Waals surface area contributed by atoms with E-state index in [4.69, 9.17) is 10.00 Å². The van der Waals surface area contributed by atoms with Gasteiger partial charge in [-0.1, -0.05) is 0 Å². The third kappa shape index (κ3) is 3.43. The van der Waals surface area contributed by atoms with Crippen LogP contribution >= 0.6 is 0 Å². The summed E-state index contributed by atoms with van der Waals surface area (Å²) < 4.78 is 4.94. The summed E-state index contributed by atoms with van der Waals surface area (Å²) in [5, 5.41) is 22.5. The van der Waals surface area contributed by atoms with Crippen molar-refractivity contribution < 1.29 is 9.66 Å². The molecule has 6 nitrogen and oxygen atoms in total. The largest absolute Gasteiger partial charge is 0.383 e. The smallest absolute Gasteiger partial charge is 0.293 e. The fourth-order valence-electron chi connectivity index (χ4n) is 1.43. The minimum Gasteiger partial charge on any atom is -0.383 e. The second-order valence-electron chi connectivity index (χ2n) is 3.60. The number of anilines is 1. The van der Waals surface area contributed by atoms with E-state index < -0.39 is 4.92 Å². The van der Waals surface area contributed by atoms with Crippen molar-refractivity contribution in [2.45, 2.75) is 13.0 Å². The monoisotopic (exact) mass is 235 g/mol. The normalized spacial score (nSPS) is 11.6. The first-order chi connectivity index (χ1) is 8.08. The number of nitriles is 1. The molecule has 0 saturated carbocycles. The molecule has 0 fully saturated rings. The number of nitrogens with one attached hydrogen (secondary N) is 1. The van der Waals surface area contributed by atoms with Gasteiger partial charge in [-0.05, 0) is 19.1 Å². The zero-order valence-electron chi connectivity index (χ0n) is 9.64. The highest BCUT2D eigenvalue weighted by molar-refractivity contribution is 5.64. The van der Waals surface area contributed by atoms with Crippen LogP contribution in [0.1, 0.15) is 12.5 Å². The molecule has 6 heteroatoms. The van der Waals surface area contributed by atoms with Crippen molar-refractivity contribution in [1.29, 1.82) is 5.26 Å². The molecular formula is C11H13N3O3. The summed E-state index contributed by atoms with van der Waals surface area (Å²) >= 11 is 0. The van der Waals surface area contributed by atoms with Gasteiger partial charge in [0.2, 0.25) is 0 Å². The van der Waals surface area contributed by atoms with E-state index >= 15 is 0 Å². The predicted molar refractivity (Wildman–Crippen MR) is 62.8 cm³/mol. The van der Waals surface area contributed by atoms with E-state index in [1.165, 1.54) is 18.2 Å². The quantitative estimate of drug-likeness (QED) is 0.622. The SMILES string of the molecule is COCC(C)Nc1ccc(C#N)cc1[N+](=O)[O-]. The molecule has 0 aliphatic carbocycles. The minimum atomic E-state index is -0.511. The van der Waals surface area contributed by atoms with Crippen LogP contribution in [0.15, 0.2) is 18.2 Å². The molecule has 0 aromatic heterocycles. The van der Waals surface area contributed by atoms with Gasteiger partial charge >= 0.3 is 0 Å². The van der Waals surface area contributed by atoms with E-state index in [0.717, 1.165) is 0 Å². The lowest BCUT2D eigenvalue weighted by atomic mass is 10.1. The molecule has 1 rings (SSSR count). The molecule has 90 valence electrons. The van der Waals surface area contributed by atoms with Crippen LogP contribution in [-0.4, -0.2) is 24.7 Å². The Morgan fingerprint density at radius 1 is 1.65 bits per heavy atom. The second-order valence-corrected chi connectivity index (χ2v) is 3.60. The third-order valence-electron chi connectivity index (χ3n) is 2.14. The van der Waals surface area contributed by atoms with E-state index in [1.54, 1.807) is 7.11 Å². The topological polar surface area (TPSA) is 88.2 Å². The fourth-order valence-corrected chi connectivity index (χ4v) is 1.43. The van der Waals surface area contributed by atoms with Crippen molar-refractivity contribution >= 4 is 11.4 Å². The Kier molecular flexibility index (Phi) is 4.43. The highest BCUT2D eigenvalue weighted by Gasteiger charge is 2.16. The summed E-state index contributed by atoms with van der Waals surface area (Å²) in [4.78, 5) is 10.3. The lowest BCUT2D eigenvalue weighted by Crippen LogP contribution is -2.21. The van der Waals surface area contributed by atoms with Gasteiger partial charge in [-0.25, -0.2) is 0 Å². The number of nitro benzene ring substituents is 1. The van der Waals surface area contributed by atoms with Gasteiger partial charge in [-0.2, -0.15) is 5.26 Å². The Bertz CT molecular complexity index is 454. The van der Waals surface area contributed by atoms with Crippen molar-refractivity contribution in [2.24, 2.45) is 0 Å². The number of methoxy groups -OCH3 is 1. The Labute approximate surface area is 99.0 Å². The first-order valence-electron chi connectivity index (χ1n) is 5.02. The fraction of sp³-hybridized carbons (Fsp3) is 0.364. The average Bonchev–Trinajstić information content (AvgIpc) is 2.29. The Morgan fingerprint density at radius 2 is 2.35 bits per heavy atom. The van der Waals surface area contributed by atoms with Crippen LogP contribution in [0.4, 0.5) is 11.4 Å². The molecule has 0 bridgehead atoms. The summed E-state index contributed by atoms with van der Waals surface area (Å²) in [7, 11) is 1.56. The number of hydrogen-bond donors (Lipinski definition) is 1. The van der Waals surface area contributed by atoms with Crippen LogP contribution in [0.25, 0.3) is 0 Å². The zero-order valence-corrected chi connectivity index (χ0v) is 9.64. The molecule has 0 spiro atoms. The van der Waals surface area contributed by atoms with Gasteiger partial charge in [-0.15, -0.1) is 0 Å². The average molecular weight is 235 g/mol. The van der Waals surface area contributed by atoms with Crippen LogP contribution in [0.3, 0.4) is 0 Å². The Balaban J connectivity index is 2.99. The van der Waals surface area contributed by atoms with Crippen molar-refractivity contribution in [3.8, 4) is 6.07 Å². The summed E-state index contributed by atoms with van der Waals surface area (Å²) in [6.07, 6.45) is 0. The first-order valence-corrected chi connectivity index (χ1v) is 5.02. The maximum Gasteiger partial charge on any atom is 0.293 e. The lowest BCUT2D eigenvalue weighted by molar-refractivity contribution is -0.384. The molecular weight excluding hydrogens is 222 g/mol. The summed E-state index contributed by atoms with van der Waals surface area (Å²) in [5.74, 6) is 0. The van der Waals surface area contributed by atoms with Crippen LogP contribution in [0.2, 0.25) is 0 Å². The molecule has 0 amide bonds. The van der Waals surface area contributed by atoms with Gasteiger partial charge in [0, 0.05) is 19.2 Å². The molecule has 0 heterocycles. The highest BCUT2D eigenvalue weighted by atomic mass is 16.6. The van der Waals surface area contributed by atoms with E-state index in [1.807, 2.05) is 13.0 Å². The van der Waals surface area contributed by atoms with E-state index in [2.05, 4.69) is 5.32 Å². The summed E-state index contributed by atoms with van der Waals surface area (Å²) in [6, 6.07) is 6.14. The first kappa shape index (κ1) is 12.9. The number of nitrogens with zero attached hydrogens (tertiary/aromatic N) is 2. The van der Waals surface area contributed by atoms with Gasteiger partial charge in [0.05, 0.1) is 23.2 Å². The van der Waals surface area contributed by atoms with E-state index in [9.17, 15) is 10.1 Å². The number of nitro groups is 1. The van der Waals surface area contributed by atoms with Crippen LogP contribution < -0.4 is 5.32 Å². The highest BCUT2D eigenvalue weighted by Crippen LogP contribution is 2.25. The van der Waals surface area contributed by atoms with Gasteiger partial charge in [0.25, 0.3) is 5.69 Å². The molecule has 1 aromatic rings. The predicted octanol–water partition coefficient (Wildman–Crippen LogP) is 1.91. The Hall–Kier alpha value is -2.13. The second kappa shape index (κ2) is 5.82. The van der Waals surface area contributed by atoms with Crippen molar-refractivity contribution in [1.82, 2.24) is 0 Å². The molecule has 1 aromatic carbocycles. The molecule has 0 aliphatic heterocycles. The van der Waals surface area contributed by atoms with Crippen molar-refractivity contribution in [3.63, 3.8) is 0 Å².